The maximum absolute atomic E-state index is 11.8. The van der Waals surface area contributed by atoms with Crippen molar-refractivity contribution in [1.82, 2.24) is 18.7 Å². The summed E-state index contributed by atoms with van der Waals surface area (Å²) in [5.41, 5.74) is 9.60. The van der Waals surface area contributed by atoms with Gasteiger partial charge in [-0.1, -0.05) is 13.8 Å². The molecule has 0 atom stereocenters. The maximum Gasteiger partial charge on any atom is 0.270 e. The summed E-state index contributed by atoms with van der Waals surface area (Å²) in [5.74, 6) is 0.754. The Bertz CT molecular complexity index is 1250. The third-order valence-corrected chi connectivity index (χ3v) is 5.07. The number of aromatic nitrogens is 4. The van der Waals surface area contributed by atoms with E-state index in [2.05, 4.69) is 29.3 Å². The topological polar surface area (TPSA) is 132 Å². The molecule has 3 aromatic heterocycles. The molecule has 10 heteroatoms. The van der Waals surface area contributed by atoms with Crippen LogP contribution in [0.1, 0.15) is 49.9 Å². The Morgan fingerprint density at radius 2 is 1.90 bits per heavy atom. The smallest absolute Gasteiger partial charge is 0.270 e. The number of nitrogens with two attached hydrogens (primary N) is 1. The van der Waals surface area contributed by atoms with Crippen LogP contribution in [0.25, 0.3) is 22.5 Å². The maximum atomic E-state index is 11.8. The number of amides is 1. The Morgan fingerprint density at radius 1 is 1.13 bits per heavy atom. The minimum atomic E-state index is -0.616. The lowest BCUT2D eigenvalue weighted by Gasteiger charge is -2.15. The highest BCUT2D eigenvalue weighted by atomic mass is 32.1. The molecule has 0 saturated carbocycles. The number of fused-ring (bicyclic) bond motifs is 1. The number of primary amides is 1. The second kappa shape index (κ2) is 8.31. The first-order valence-corrected chi connectivity index (χ1v) is 10.6. The molecule has 0 aliphatic rings. The van der Waals surface area contributed by atoms with Gasteiger partial charge in [-0.25, -0.2) is 9.97 Å². The second-order valence-corrected chi connectivity index (χ2v) is 8.29. The largest absolute Gasteiger partial charge is 0.440 e. The van der Waals surface area contributed by atoms with Gasteiger partial charge >= 0.3 is 0 Å². The molecule has 9 nitrogen and oxygen atoms in total. The first kappa shape index (κ1) is 20.7. The summed E-state index contributed by atoms with van der Waals surface area (Å²) in [5, 5.41) is 6.69. The van der Waals surface area contributed by atoms with Gasteiger partial charge in [0.25, 0.3) is 5.91 Å². The molecule has 4 N–H and O–H groups in total. The number of oxazole rings is 1. The first-order valence-electron chi connectivity index (χ1n) is 9.88. The lowest BCUT2D eigenvalue weighted by atomic mass is 10.1. The van der Waals surface area contributed by atoms with Gasteiger partial charge < -0.3 is 20.8 Å². The van der Waals surface area contributed by atoms with Crippen LogP contribution in [-0.4, -0.2) is 30.7 Å². The minimum absolute atomic E-state index is 0.0331. The zero-order valence-electron chi connectivity index (χ0n) is 17.6. The third-order valence-electron chi connectivity index (χ3n) is 4.52. The molecule has 0 aliphatic carbocycles. The van der Waals surface area contributed by atoms with E-state index < -0.39 is 5.91 Å². The molecule has 0 aliphatic heterocycles. The number of anilines is 3. The summed E-state index contributed by atoms with van der Waals surface area (Å²) < 4.78 is 14.4. The number of hydrogen-bond donors (Lipinski definition) is 3. The quantitative estimate of drug-likeness (QED) is 0.384. The van der Waals surface area contributed by atoms with E-state index >= 15 is 0 Å². The number of hydrogen-bond acceptors (Lipinski definition) is 9. The van der Waals surface area contributed by atoms with Crippen LogP contribution in [0.15, 0.2) is 34.9 Å². The van der Waals surface area contributed by atoms with E-state index in [9.17, 15) is 4.79 Å². The fraction of sp³-hybridized carbons (Fsp3) is 0.286. The van der Waals surface area contributed by atoms with Crippen LogP contribution in [0, 0.1) is 0 Å². The van der Waals surface area contributed by atoms with Gasteiger partial charge in [0.1, 0.15) is 22.6 Å². The van der Waals surface area contributed by atoms with Crippen LogP contribution < -0.4 is 16.4 Å². The molecule has 4 aromatic rings. The Kier molecular flexibility index (Phi) is 5.55. The normalized spacial score (nSPS) is 11.4. The molecular formula is C21H23N7O2S. The van der Waals surface area contributed by atoms with Gasteiger partial charge in [0.2, 0.25) is 5.89 Å². The Morgan fingerprint density at radius 3 is 2.58 bits per heavy atom. The SMILES string of the molecule is CC(C)Nc1cc(Nc2ccc3nsnc3c2)ncc1-c1nc(C(N)=O)c(C(C)C)o1. The van der Waals surface area contributed by atoms with Gasteiger partial charge in [0.15, 0.2) is 5.69 Å². The highest BCUT2D eigenvalue weighted by Crippen LogP contribution is 2.33. The molecule has 1 amide bonds. The zero-order chi connectivity index (χ0) is 22.1. The van der Waals surface area contributed by atoms with E-state index in [1.807, 2.05) is 52.0 Å². The van der Waals surface area contributed by atoms with Crippen LogP contribution >= 0.6 is 11.7 Å². The van der Waals surface area contributed by atoms with Gasteiger partial charge in [-0.3, -0.25) is 4.79 Å². The number of nitrogens with zero attached hydrogens (tertiary/aromatic N) is 4. The van der Waals surface area contributed by atoms with Crippen LogP contribution in [0.4, 0.5) is 17.2 Å². The Balaban J connectivity index is 1.72. The number of carbonyl (C=O) groups is 1. The van der Waals surface area contributed by atoms with Crippen molar-refractivity contribution in [2.24, 2.45) is 5.73 Å². The lowest BCUT2D eigenvalue weighted by Crippen LogP contribution is -2.14. The standard InChI is InChI=1S/C21H23N7O2S/c1-10(2)19-18(20(22)29)26-21(30-19)13-9-23-17(8-15(13)24-11(3)4)25-12-5-6-14-16(7-12)28-31-27-14/h5-11H,1-4H3,(H2,22,29)(H2,23,24,25). The van der Waals surface area contributed by atoms with Gasteiger partial charge in [0.05, 0.1) is 23.0 Å². The first-order chi connectivity index (χ1) is 14.8. The van der Waals surface area contributed by atoms with Crippen LogP contribution in [-0.2, 0) is 0 Å². The molecule has 3 heterocycles. The number of rotatable bonds is 7. The van der Waals surface area contributed by atoms with Gasteiger partial charge in [-0.2, -0.15) is 8.75 Å². The van der Waals surface area contributed by atoms with Crippen molar-refractivity contribution in [3.8, 4) is 11.5 Å². The number of pyridine rings is 1. The van der Waals surface area contributed by atoms with E-state index in [1.54, 1.807) is 6.20 Å². The van der Waals surface area contributed by atoms with Crippen molar-refractivity contribution in [2.45, 2.75) is 39.7 Å². The molecule has 0 radical (unpaired) electrons. The summed E-state index contributed by atoms with van der Waals surface area (Å²) in [6.07, 6.45) is 1.66. The second-order valence-electron chi connectivity index (χ2n) is 7.76. The molecule has 0 bridgehead atoms. The Labute approximate surface area is 183 Å². The van der Waals surface area contributed by atoms with Crippen molar-refractivity contribution in [3.63, 3.8) is 0 Å². The molecule has 0 fully saturated rings. The Hall–Kier alpha value is -3.53. The highest BCUT2D eigenvalue weighted by Gasteiger charge is 2.23. The van der Waals surface area contributed by atoms with Gasteiger partial charge in [-0.05, 0) is 32.0 Å². The van der Waals surface area contributed by atoms with Crippen LogP contribution in [0.2, 0.25) is 0 Å². The zero-order valence-corrected chi connectivity index (χ0v) is 18.4. The van der Waals surface area contributed by atoms with E-state index in [1.165, 1.54) is 11.7 Å². The predicted octanol–water partition coefficient (Wildman–Crippen LogP) is 4.53. The van der Waals surface area contributed by atoms with Crippen molar-refractivity contribution in [2.75, 3.05) is 10.6 Å². The van der Waals surface area contributed by atoms with E-state index in [4.69, 9.17) is 10.2 Å². The molecule has 160 valence electrons. The van der Waals surface area contributed by atoms with E-state index in [0.717, 1.165) is 22.4 Å². The molecule has 31 heavy (non-hydrogen) atoms. The summed E-state index contributed by atoms with van der Waals surface area (Å²) in [4.78, 5) is 20.7. The molecule has 0 saturated heterocycles. The highest BCUT2D eigenvalue weighted by molar-refractivity contribution is 7.00. The fourth-order valence-corrected chi connectivity index (χ4v) is 3.66. The monoisotopic (exact) mass is 437 g/mol. The average molecular weight is 438 g/mol. The van der Waals surface area contributed by atoms with Crippen molar-refractivity contribution >= 4 is 45.9 Å². The van der Waals surface area contributed by atoms with E-state index in [0.29, 0.717) is 23.0 Å². The van der Waals surface area contributed by atoms with E-state index in [-0.39, 0.29) is 17.7 Å². The molecule has 0 unspecified atom stereocenters. The van der Waals surface area contributed by atoms with Crippen LogP contribution in [0.5, 0.6) is 0 Å². The summed E-state index contributed by atoms with van der Waals surface area (Å²) in [7, 11) is 0. The van der Waals surface area contributed by atoms with Gasteiger partial charge in [-0.15, -0.1) is 0 Å². The molecular weight excluding hydrogens is 414 g/mol. The lowest BCUT2D eigenvalue weighted by molar-refractivity contribution is 0.0994. The van der Waals surface area contributed by atoms with Crippen molar-refractivity contribution in [3.05, 3.63) is 41.9 Å². The van der Waals surface area contributed by atoms with Crippen molar-refractivity contribution in [1.29, 1.82) is 0 Å². The minimum Gasteiger partial charge on any atom is -0.440 e. The number of carbonyl (C=O) groups excluding carboxylic acids is 1. The number of nitrogens with one attached hydrogen (secondary N) is 2. The summed E-state index contributed by atoms with van der Waals surface area (Å²) >= 11 is 1.18. The third kappa shape index (κ3) is 4.33. The average Bonchev–Trinajstić information content (AvgIpc) is 3.34. The molecule has 0 spiro atoms. The van der Waals surface area contributed by atoms with Crippen LogP contribution in [0.3, 0.4) is 0 Å². The van der Waals surface area contributed by atoms with Gasteiger partial charge in [0, 0.05) is 29.9 Å². The summed E-state index contributed by atoms with van der Waals surface area (Å²) in [6, 6.07) is 7.79. The van der Waals surface area contributed by atoms with Crippen molar-refractivity contribution < 1.29 is 9.21 Å². The molecule has 4 rings (SSSR count). The summed E-state index contributed by atoms with van der Waals surface area (Å²) in [6.45, 7) is 7.91. The molecule has 1 aromatic carbocycles. The fourth-order valence-electron chi connectivity index (χ4n) is 3.15. The predicted molar refractivity (Wildman–Crippen MR) is 122 cm³/mol. The number of benzene rings is 1.